The van der Waals surface area contributed by atoms with E-state index in [1.165, 1.54) is 81.5 Å². The second-order valence-corrected chi connectivity index (χ2v) is 14.1. The quantitative estimate of drug-likeness (QED) is 0.146. The minimum atomic E-state index is -1.45. The third-order valence-electron chi connectivity index (χ3n) is 6.98. The van der Waals surface area contributed by atoms with Gasteiger partial charge in [-0.1, -0.05) is 103 Å². The first kappa shape index (κ1) is 28.4. The lowest BCUT2D eigenvalue weighted by molar-refractivity contribution is -0.0147. The molecule has 0 saturated heterocycles. The van der Waals surface area contributed by atoms with Crippen molar-refractivity contribution in [3.8, 4) is 0 Å². The van der Waals surface area contributed by atoms with Gasteiger partial charge in [0.25, 0.3) is 0 Å². The van der Waals surface area contributed by atoms with Crippen LogP contribution in [-0.2, 0) is 9.16 Å². The number of hydrogen-bond acceptors (Lipinski definition) is 2. The first-order valence-corrected chi connectivity index (χ1v) is 16.0. The van der Waals surface area contributed by atoms with Crippen LogP contribution in [0.25, 0.3) is 0 Å². The number of benzene rings is 1. The van der Waals surface area contributed by atoms with Gasteiger partial charge in [0, 0.05) is 6.61 Å². The second-order valence-electron chi connectivity index (χ2n) is 9.34. The van der Waals surface area contributed by atoms with Crippen molar-refractivity contribution < 1.29 is 9.16 Å². The molecule has 0 aliphatic heterocycles. The van der Waals surface area contributed by atoms with Gasteiger partial charge in [-0.2, -0.15) is 0 Å². The minimum absolute atomic E-state index is 0.214. The second kappa shape index (κ2) is 17.9. The van der Waals surface area contributed by atoms with Crippen molar-refractivity contribution in [2.24, 2.45) is 0 Å². The molecule has 0 fully saturated rings. The van der Waals surface area contributed by atoms with Gasteiger partial charge in [-0.25, -0.2) is 0 Å². The molecule has 2 unspecified atom stereocenters. The number of hydrogen-bond donors (Lipinski definition) is 0. The topological polar surface area (TPSA) is 18.5 Å². The van der Waals surface area contributed by atoms with Crippen molar-refractivity contribution in [3.63, 3.8) is 0 Å². The van der Waals surface area contributed by atoms with Crippen LogP contribution in [0, 0.1) is 0 Å². The molecule has 0 radical (unpaired) electrons. The van der Waals surface area contributed by atoms with Crippen LogP contribution in [0.2, 0.25) is 18.1 Å². The molecule has 1 aromatic rings. The lowest BCUT2D eigenvalue weighted by Gasteiger charge is -2.28. The maximum atomic E-state index is 6.56. The largest absolute Gasteiger partial charge is 0.417 e. The van der Waals surface area contributed by atoms with E-state index in [1.54, 1.807) is 0 Å². The lowest BCUT2D eigenvalue weighted by atomic mass is 10.0. The highest BCUT2D eigenvalue weighted by atomic mass is 28.4. The Hall–Kier alpha value is -0.643. The predicted octanol–water partition coefficient (Wildman–Crippen LogP) is 9.47. The first-order valence-electron chi connectivity index (χ1n) is 13.4. The summed E-state index contributed by atoms with van der Waals surface area (Å²) < 4.78 is 13.0. The molecule has 0 spiro atoms. The van der Waals surface area contributed by atoms with Crippen LogP contribution < -0.4 is 0 Å². The van der Waals surface area contributed by atoms with E-state index >= 15 is 0 Å². The van der Waals surface area contributed by atoms with Gasteiger partial charge in [0.2, 0.25) is 0 Å². The van der Waals surface area contributed by atoms with Crippen molar-refractivity contribution in [1.82, 2.24) is 0 Å². The average molecular weight is 449 g/mol. The normalized spacial score (nSPS) is 14.0. The summed E-state index contributed by atoms with van der Waals surface area (Å²) in [6.07, 6.45) is 14.7. The van der Waals surface area contributed by atoms with Gasteiger partial charge >= 0.3 is 0 Å². The van der Waals surface area contributed by atoms with Gasteiger partial charge in [0.1, 0.15) is 0 Å². The fourth-order valence-electron chi connectivity index (χ4n) is 4.49. The molecule has 0 N–H and O–H groups in total. The SMILES string of the molecule is CCCCCCCCCC(C)OC(CCCCO[Si](CC)(CC)CC)c1ccccc1. The number of ether oxygens (including phenoxy) is 1. The molecule has 2 nitrogen and oxygen atoms in total. The van der Waals surface area contributed by atoms with Crippen LogP contribution in [0.3, 0.4) is 0 Å². The fourth-order valence-corrected chi connectivity index (χ4v) is 7.18. The van der Waals surface area contributed by atoms with E-state index in [0.29, 0.717) is 6.10 Å². The van der Waals surface area contributed by atoms with Crippen LogP contribution in [0.1, 0.15) is 117 Å². The molecule has 31 heavy (non-hydrogen) atoms. The van der Waals surface area contributed by atoms with Gasteiger partial charge in [-0.3, -0.25) is 0 Å². The van der Waals surface area contributed by atoms with Crippen molar-refractivity contribution in [3.05, 3.63) is 35.9 Å². The molecule has 0 amide bonds. The highest BCUT2D eigenvalue weighted by Crippen LogP contribution is 2.27. The van der Waals surface area contributed by atoms with E-state index in [4.69, 9.17) is 9.16 Å². The standard InChI is InChI=1S/C28H52O2Si/c1-6-10-11-12-13-14-16-21-26(5)30-28(27-22-17-15-18-23-27)24-19-20-25-29-31(7-2,8-3)9-4/h15,17-18,22-23,26,28H,6-14,16,19-21,24-25H2,1-5H3. The van der Waals surface area contributed by atoms with Crippen LogP contribution in [-0.4, -0.2) is 21.0 Å². The van der Waals surface area contributed by atoms with Gasteiger partial charge in [-0.05, 0) is 56.3 Å². The molecule has 0 aromatic heterocycles. The fraction of sp³-hybridized carbons (Fsp3) is 0.786. The van der Waals surface area contributed by atoms with Crippen LogP contribution in [0.15, 0.2) is 30.3 Å². The first-order chi connectivity index (χ1) is 15.1. The molecule has 2 atom stereocenters. The van der Waals surface area contributed by atoms with Crippen LogP contribution in [0.4, 0.5) is 0 Å². The molecule has 0 heterocycles. The maximum Gasteiger partial charge on any atom is 0.191 e. The van der Waals surface area contributed by atoms with Crippen molar-refractivity contribution in [1.29, 1.82) is 0 Å². The zero-order valence-corrected chi connectivity index (χ0v) is 22.5. The predicted molar refractivity (Wildman–Crippen MR) is 139 cm³/mol. The smallest absolute Gasteiger partial charge is 0.191 e. The molecule has 180 valence electrons. The Morgan fingerprint density at radius 1 is 0.710 bits per heavy atom. The van der Waals surface area contributed by atoms with Crippen LogP contribution >= 0.6 is 0 Å². The third kappa shape index (κ3) is 12.2. The van der Waals surface area contributed by atoms with E-state index in [1.807, 2.05) is 0 Å². The zero-order chi connectivity index (χ0) is 22.8. The Balaban J connectivity index is 2.39. The highest BCUT2D eigenvalue weighted by Gasteiger charge is 2.28. The Labute approximate surface area is 195 Å². The lowest BCUT2D eigenvalue weighted by Crippen LogP contribution is -2.36. The maximum absolute atomic E-state index is 6.56. The summed E-state index contributed by atoms with van der Waals surface area (Å²) in [6.45, 7) is 12.4. The van der Waals surface area contributed by atoms with E-state index in [9.17, 15) is 0 Å². The summed E-state index contributed by atoms with van der Waals surface area (Å²) >= 11 is 0. The molecule has 0 aliphatic rings. The van der Waals surface area contributed by atoms with Gasteiger partial charge in [-0.15, -0.1) is 0 Å². The van der Waals surface area contributed by atoms with Crippen LogP contribution in [0.5, 0.6) is 0 Å². The van der Waals surface area contributed by atoms with Gasteiger partial charge in [0.05, 0.1) is 12.2 Å². The molecule has 1 aromatic carbocycles. The highest BCUT2D eigenvalue weighted by molar-refractivity contribution is 6.73. The Kier molecular flexibility index (Phi) is 16.4. The molecular formula is C28H52O2Si. The summed E-state index contributed by atoms with van der Waals surface area (Å²) in [4.78, 5) is 0. The Bertz CT molecular complexity index is 507. The third-order valence-corrected chi connectivity index (χ3v) is 11.7. The molecule has 1 rings (SSSR count). The number of unbranched alkanes of at least 4 members (excludes halogenated alkanes) is 7. The van der Waals surface area contributed by atoms with E-state index in [2.05, 4.69) is 65.0 Å². The summed E-state index contributed by atoms with van der Waals surface area (Å²) in [5.74, 6) is 0. The zero-order valence-electron chi connectivity index (χ0n) is 21.5. The average Bonchev–Trinajstić information content (AvgIpc) is 2.81. The molecule has 0 saturated carbocycles. The summed E-state index contributed by atoms with van der Waals surface area (Å²) in [7, 11) is -1.45. The molecular weight excluding hydrogens is 396 g/mol. The Morgan fingerprint density at radius 2 is 1.29 bits per heavy atom. The van der Waals surface area contributed by atoms with Crippen molar-refractivity contribution in [2.45, 2.75) is 136 Å². The minimum Gasteiger partial charge on any atom is -0.417 e. The molecule has 3 heteroatoms. The van der Waals surface area contributed by atoms with Gasteiger partial charge < -0.3 is 9.16 Å². The van der Waals surface area contributed by atoms with Gasteiger partial charge in [0.15, 0.2) is 8.32 Å². The molecule has 0 aliphatic carbocycles. The van der Waals surface area contributed by atoms with E-state index in [0.717, 1.165) is 19.4 Å². The van der Waals surface area contributed by atoms with E-state index in [-0.39, 0.29) is 6.10 Å². The summed E-state index contributed by atoms with van der Waals surface area (Å²) in [6, 6.07) is 14.6. The van der Waals surface area contributed by atoms with Crippen molar-refractivity contribution >= 4 is 8.32 Å². The summed E-state index contributed by atoms with van der Waals surface area (Å²) in [5, 5.41) is 0. The molecule has 0 bridgehead atoms. The van der Waals surface area contributed by atoms with E-state index < -0.39 is 8.32 Å². The number of rotatable bonds is 20. The summed E-state index contributed by atoms with van der Waals surface area (Å²) in [5.41, 5.74) is 1.33. The monoisotopic (exact) mass is 448 g/mol. The Morgan fingerprint density at radius 3 is 1.90 bits per heavy atom. The van der Waals surface area contributed by atoms with Crippen molar-refractivity contribution in [2.75, 3.05) is 6.61 Å².